The van der Waals surface area contributed by atoms with Crippen LogP contribution in [0.15, 0.2) is 24.3 Å². The lowest BCUT2D eigenvalue weighted by molar-refractivity contribution is 0.106. The van der Waals surface area contributed by atoms with Crippen LogP contribution in [0.3, 0.4) is 0 Å². The van der Waals surface area contributed by atoms with Gasteiger partial charge in [-0.2, -0.15) is 0 Å². The van der Waals surface area contributed by atoms with Crippen LogP contribution >= 0.6 is 0 Å². The number of amides is 1. The highest BCUT2D eigenvalue weighted by atomic mass is 16.6. The van der Waals surface area contributed by atoms with Gasteiger partial charge in [-0.1, -0.05) is 0 Å². The van der Waals surface area contributed by atoms with Crippen molar-refractivity contribution in [3.8, 4) is 5.75 Å². The second-order valence-corrected chi connectivity index (χ2v) is 4.71. The van der Waals surface area contributed by atoms with Crippen LogP contribution in [0.25, 0.3) is 10.9 Å². The van der Waals surface area contributed by atoms with E-state index in [0.29, 0.717) is 19.7 Å². The lowest BCUT2D eigenvalue weighted by Crippen LogP contribution is -2.26. The maximum absolute atomic E-state index is 11.8. The van der Waals surface area contributed by atoms with Crippen molar-refractivity contribution >= 4 is 17.0 Å². The SMILES string of the molecule is CCOC(=O)N1Cc2cc3cc(OC)ccc3nc2C1. The molecule has 0 bridgehead atoms. The van der Waals surface area contributed by atoms with Crippen LogP contribution < -0.4 is 4.74 Å². The third-order valence-electron chi connectivity index (χ3n) is 3.42. The average Bonchev–Trinajstić information content (AvgIpc) is 2.87. The van der Waals surface area contributed by atoms with Crippen molar-refractivity contribution in [2.45, 2.75) is 20.0 Å². The van der Waals surface area contributed by atoms with Crippen molar-refractivity contribution in [3.05, 3.63) is 35.5 Å². The number of benzene rings is 1. The van der Waals surface area contributed by atoms with E-state index in [2.05, 4.69) is 11.1 Å². The van der Waals surface area contributed by atoms with Crippen LogP contribution in [-0.4, -0.2) is 29.7 Å². The van der Waals surface area contributed by atoms with E-state index in [-0.39, 0.29) is 6.09 Å². The number of fused-ring (bicyclic) bond motifs is 2. The Morgan fingerprint density at radius 1 is 1.35 bits per heavy atom. The lowest BCUT2D eigenvalue weighted by atomic mass is 10.1. The van der Waals surface area contributed by atoms with E-state index in [4.69, 9.17) is 9.47 Å². The first-order valence-corrected chi connectivity index (χ1v) is 6.59. The van der Waals surface area contributed by atoms with Gasteiger partial charge in [0.1, 0.15) is 5.75 Å². The minimum absolute atomic E-state index is 0.285. The highest BCUT2D eigenvalue weighted by molar-refractivity contribution is 5.81. The number of carbonyl (C=O) groups excluding carboxylic acids is 1. The Balaban J connectivity index is 1.93. The molecular formula is C15H16N2O3. The number of methoxy groups -OCH3 is 1. The number of hydrogen-bond acceptors (Lipinski definition) is 4. The first-order chi connectivity index (χ1) is 9.71. The van der Waals surface area contributed by atoms with Gasteiger partial charge in [-0.05, 0) is 36.8 Å². The van der Waals surface area contributed by atoms with Crippen molar-refractivity contribution in [1.29, 1.82) is 0 Å². The fourth-order valence-electron chi connectivity index (χ4n) is 2.43. The molecule has 5 heteroatoms. The fourth-order valence-corrected chi connectivity index (χ4v) is 2.43. The number of rotatable bonds is 2. The number of aromatic nitrogens is 1. The quantitative estimate of drug-likeness (QED) is 0.843. The highest BCUT2D eigenvalue weighted by Crippen LogP contribution is 2.27. The van der Waals surface area contributed by atoms with Gasteiger partial charge in [0.2, 0.25) is 0 Å². The second-order valence-electron chi connectivity index (χ2n) is 4.71. The van der Waals surface area contributed by atoms with Gasteiger partial charge in [-0.25, -0.2) is 4.79 Å². The summed E-state index contributed by atoms with van der Waals surface area (Å²) in [5, 5.41) is 1.02. The van der Waals surface area contributed by atoms with E-state index in [1.54, 1.807) is 18.9 Å². The summed E-state index contributed by atoms with van der Waals surface area (Å²) in [7, 11) is 1.64. The van der Waals surface area contributed by atoms with Gasteiger partial charge < -0.3 is 9.47 Å². The maximum atomic E-state index is 11.8. The highest BCUT2D eigenvalue weighted by Gasteiger charge is 2.25. The summed E-state index contributed by atoms with van der Waals surface area (Å²) in [5.74, 6) is 0.805. The third kappa shape index (κ3) is 2.15. The summed E-state index contributed by atoms with van der Waals surface area (Å²) in [6.45, 7) is 3.25. The topological polar surface area (TPSA) is 51.7 Å². The molecular weight excluding hydrogens is 256 g/mol. The van der Waals surface area contributed by atoms with Gasteiger partial charge in [0.05, 0.1) is 38.0 Å². The standard InChI is InChI=1S/C15H16N2O3/c1-3-20-15(18)17-8-11-6-10-7-12(19-2)4-5-13(10)16-14(11)9-17/h4-7H,3,8-9H2,1-2H3. The minimum atomic E-state index is -0.285. The number of ether oxygens (including phenoxy) is 2. The van der Waals surface area contributed by atoms with Gasteiger partial charge in [0, 0.05) is 5.39 Å². The molecule has 1 aliphatic heterocycles. The average molecular weight is 272 g/mol. The molecule has 0 saturated heterocycles. The summed E-state index contributed by atoms with van der Waals surface area (Å²) in [6.07, 6.45) is -0.285. The molecule has 1 aromatic carbocycles. The summed E-state index contributed by atoms with van der Waals surface area (Å²) in [6, 6.07) is 7.84. The Hall–Kier alpha value is -2.30. The summed E-state index contributed by atoms with van der Waals surface area (Å²) >= 11 is 0. The zero-order valence-corrected chi connectivity index (χ0v) is 11.5. The second kappa shape index (κ2) is 5.00. The van der Waals surface area contributed by atoms with Gasteiger partial charge in [-0.3, -0.25) is 9.88 Å². The Labute approximate surface area is 117 Å². The third-order valence-corrected chi connectivity index (χ3v) is 3.42. The van der Waals surface area contributed by atoms with Gasteiger partial charge in [-0.15, -0.1) is 0 Å². The minimum Gasteiger partial charge on any atom is -0.497 e. The van der Waals surface area contributed by atoms with E-state index in [1.807, 2.05) is 18.2 Å². The zero-order chi connectivity index (χ0) is 14.1. The summed E-state index contributed by atoms with van der Waals surface area (Å²) < 4.78 is 10.3. The van der Waals surface area contributed by atoms with Crippen LogP contribution in [-0.2, 0) is 17.8 Å². The van der Waals surface area contributed by atoms with Crippen LogP contribution in [0.2, 0.25) is 0 Å². The van der Waals surface area contributed by atoms with Crippen molar-refractivity contribution in [2.75, 3.05) is 13.7 Å². The predicted octanol–water partition coefficient (Wildman–Crippen LogP) is 2.72. The molecule has 0 atom stereocenters. The molecule has 0 aliphatic carbocycles. The number of nitrogens with zero attached hydrogens (tertiary/aromatic N) is 2. The fraction of sp³-hybridized carbons (Fsp3) is 0.333. The van der Waals surface area contributed by atoms with Gasteiger partial charge in [0.25, 0.3) is 0 Å². The molecule has 1 aromatic heterocycles. The van der Waals surface area contributed by atoms with Crippen molar-refractivity contribution in [1.82, 2.24) is 9.88 Å². The molecule has 3 rings (SSSR count). The van der Waals surface area contributed by atoms with Crippen molar-refractivity contribution in [2.24, 2.45) is 0 Å². The molecule has 0 saturated carbocycles. The monoisotopic (exact) mass is 272 g/mol. The molecule has 2 aromatic rings. The van der Waals surface area contributed by atoms with Crippen molar-refractivity contribution in [3.63, 3.8) is 0 Å². The summed E-state index contributed by atoms with van der Waals surface area (Å²) in [4.78, 5) is 18.0. The lowest BCUT2D eigenvalue weighted by Gasteiger charge is -2.13. The first-order valence-electron chi connectivity index (χ1n) is 6.59. The first kappa shape index (κ1) is 12.7. The van der Waals surface area contributed by atoms with Gasteiger partial charge >= 0.3 is 6.09 Å². The molecule has 5 nitrogen and oxygen atoms in total. The Bertz CT molecular complexity index is 669. The summed E-state index contributed by atoms with van der Waals surface area (Å²) in [5.41, 5.74) is 2.92. The smallest absolute Gasteiger partial charge is 0.410 e. The normalized spacial score (nSPS) is 13.4. The van der Waals surface area contributed by atoms with Crippen molar-refractivity contribution < 1.29 is 14.3 Å². The van der Waals surface area contributed by atoms with Crippen LogP contribution in [0, 0.1) is 0 Å². The number of hydrogen-bond donors (Lipinski definition) is 0. The number of carbonyl (C=O) groups is 1. The molecule has 0 N–H and O–H groups in total. The zero-order valence-electron chi connectivity index (χ0n) is 11.5. The predicted molar refractivity (Wildman–Crippen MR) is 74.6 cm³/mol. The molecule has 20 heavy (non-hydrogen) atoms. The van der Waals surface area contributed by atoms with E-state index in [0.717, 1.165) is 27.9 Å². The largest absolute Gasteiger partial charge is 0.497 e. The Morgan fingerprint density at radius 3 is 2.95 bits per heavy atom. The van der Waals surface area contributed by atoms with E-state index in [9.17, 15) is 4.79 Å². The van der Waals surface area contributed by atoms with E-state index < -0.39 is 0 Å². The van der Waals surface area contributed by atoms with Crippen LogP contribution in [0.5, 0.6) is 5.75 Å². The number of pyridine rings is 1. The van der Waals surface area contributed by atoms with Gasteiger partial charge in [0.15, 0.2) is 0 Å². The van der Waals surface area contributed by atoms with Crippen LogP contribution in [0.4, 0.5) is 4.79 Å². The molecule has 2 heterocycles. The molecule has 0 unspecified atom stereocenters. The van der Waals surface area contributed by atoms with Crippen LogP contribution in [0.1, 0.15) is 18.2 Å². The molecule has 0 fully saturated rings. The molecule has 1 aliphatic rings. The maximum Gasteiger partial charge on any atom is 0.410 e. The molecule has 1 amide bonds. The van der Waals surface area contributed by atoms with E-state index >= 15 is 0 Å². The molecule has 0 radical (unpaired) electrons. The Kier molecular flexibility index (Phi) is 3.18. The Morgan fingerprint density at radius 2 is 2.20 bits per heavy atom. The molecule has 104 valence electrons. The molecule has 0 spiro atoms. The van der Waals surface area contributed by atoms with E-state index in [1.165, 1.54) is 0 Å².